The van der Waals surface area contributed by atoms with Gasteiger partial charge in [0.1, 0.15) is 0 Å². The number of anilines is 1. The summed E-state index contributed by atoms with van der Waals surface area (Å²) in [4.78, 5) is 22.7. The van der Waals surface area contributed by atoms with E-state index in [0.29, 0.717) is 0 Å². The molecule has 1 saturated carbocycles. The molecule has 1 aliphatic carbocycles. The minimum atomic E-state index is -0.229. The number of carbonyl (C=O) groups excluding carboxylic acids is 2. The zero-order chi connectivity index (χ0) is 14.3. The monoisotopic (exact) mass is 335 g/mol. The summed E-state index contributed by atoms with van der Waals surface area (Å²) in [7, 11) is 0. The van der Waals surface area contributed by atoms with Gasteiger partial charge in [0.2, 0.25) is 11.8 Å². The molecule has 0 saturated heterocycles. The topological polar surface area (TPSA) is 70.6 Å². The van der Waals surface area contributed by atoms with Crippen LogP contribution in [0.25, 0.3) is 0 Å². The standard InChI is InChI=1S/C14H14BrN3O2/c1-7(15)13(19)16-9-4-2-8(3-5-9)12-10-6-11(10)14(20)18-17-12/h2-5,7,10-11H,6H2,1H3,(H,16,19)(H,18,20). The molecule has 2 amide bonds. The summed E-state index contributed by atoms with van der Waals surface area (Å²) in [6.07, 6.45) is 0.879. The lowest BCUT2D eigenvalue weighted by Gasteiger charge is -2.12. The third-order valence-electron chi connectivity index (χ3n) is 3.57. The molecule has 1 heterocycles. The van der Waals surface area contributed by atoms with Crippen LogP contribution in [0.2, 0.25) is 0 Å². The largest absolute Gasteiger partial charge is 0.325 e. The summed E-state index contributed by atoms with van der Waals surface area (Å²) in [5.41, 5.74) is 5.22. The van der Waals surface area contributed by atoms with Gasteiger partial charge in [-0.2, -0.15) is 5.10 Å². The van der Waals surface area contributed by atoms with Gasteiger partial charge in [-0.3, -0.25) is 9.59 Å². The Morgan fingerprint density at radius 1 is 1.40 bits per heavy atom. The molecule has 104 valence electrons. The maximum Gasteiger partial charge on any atom is 0.243 e. The first-order valence-corrected chi connectivity index (χ1v) is 7.40. The lowest BCUT2D eigenvalue weighted by Crippen LogP contribution is -2.28. The Morgan fingerprint density at radius 2 is 2.10 bits per heavy atom. The summed E-state index contributed by atoms with van der Waals surface area (Å²) >= 11 is 3.22. The second-order valence-corrected chi connectivity index (χ2v) is 6.48. The lowest BCUT2D eigenvalue weighted by molar-refractivity contribution is -0.122. The maximum absolute atomic E-state index is 11.6. The molecule has 1 aromatic rings. The van der Waals surface area contributed by atoms with Gasteiger partial charge in [-0.1, -0.05) is 28.1 Å². The van der Waals surface area contributed by atoms with Gasteiger partial charge in [0.15, 0.2) is 0 Å². The summed E-state index contributed by atoms with van der Waals surface area (Å²) in [6.45, 7) is 1.77. The lowest BCUT2D eigenvalue weighted by atomic mass is 10.0. The predicted molar refractivity (Wildman–Crippen MR) is 79.7 cm³/mol. The number of fused-ring (bicyclic) bond motifs is 1. The van der Waals surface area contributed by atoms with Crippen molar-refractivity contribution in [3.8, 4) is 0 Å². The average molecular weight is 336 g/mol. The van der Waals surface area contributed by atoms with Gasteiger partial charge in [-0.15, -0.1) is 0 Å². The number of nitrogens with zero attached hydrogens (tertiary/aromatic N) is 1. The van der Waals surface area contributed by atoms with Crippen molar-refractivity contribution in [2.75, 3.05) is 5.32 Å². The van der Waals surface area contributed by atoms with Crippen molar-refractivity contribution in [2.24, 2.45) is 16.9 Å². The van der Waals surface area contributed by atoms with Crippen molar-refractivity contribution >= 4 is 39.1 Å². The van der Waals surface area contributed by atoms with Crippen LogP contribution < -0.4 is 10.7 Å². The number of carbonyl (C=O) groups is 2. The number of nitrogens with one attached hydrogen (secondary N) is 2. The minimum Gasteiger partial charge on any atom is -0.325 e. The number of benzene rings is 1. The van der Waals surface area contributed by atoms with Gasteiger partial charge in [0, 0.05) is 17.5 Å². The third-order valence-corrected chi connectivity index (χ3v) is 3.99. The molecule has 0 spiro atoms. The summed E-state index contributed by atoms with van der Waals surface area (Å²) in [6, 6.07) is 7.53. The number of rotatable bonds is 3. The van der Waals surface area contributed by atoms with Crippen LogP contribution >= 0.6 is 15.9 Å². The molecule has 20 heavy (non-hydrogen) atoms. The Labute approximate surface area is 124 Å². The van der Waals surface area contributed by atoms with Crippen LogP contribution in [0.4, 0.5) is 5.69 Å². The van der Waals surface area contributed by atoms with Crippen LogP contribution in [0.1, 0.15) is 18.9 Å². The number of amides is 2. The van der Waals surface area contributed by atoms with Crippen LogP contribution in [0.3, 0.4) is 0 Å². The first-order chi connectivity index (χ1) is 9.56. The highest BCUT2D eigenvalue weighted by Crippen LogP contribution is 2.43. The first-order valence-electron chi connectivity index (χ1n) is 6.49. The Morgan fingerprint density at radius 3 is 2.75 bits per heavy atom. The van der Waals surface area contributed by atoms with Gasteiger partial charge in [-0.25, -0.2) is 5.43 Å². The van der Waals surface area contributed by atoms with Crippen molar-refractivity contribution in [1.82, 2.24) is 5.43 Å². The Balaban J connectivity index is 1.74. The van der Waals surface area contributed by atoms with Gasteiger partial charge in [0.25, 0.3) is 0 Å². The van der Waals surface area contributed by atoms with E-state index in [0.717, 1.165) is 23.4 Å². The molecule has 3 unspecified atom stereocenters. The summed E-state index contributed by atoms with van der Waals surface area (Å²) in [5, 5.41) is 6.95. The van der Waals surface area contributed by atoms with Crippen molar-refractivity contribution < 1.29 is 9.59 Å². The molecule has 1 aliphatic heterocycles. The molecule has 1 fully saturated rings. The van der Waals surface area contributed by atoms with E-state index in [1.165, 1.54) is 0 Å². The molecule has 6 heteroatoms. The molecule has 0 bridgehead atoms. The van der Waals surface area contributed by atoms with E-state index in [1.807, 2.05) is 24.3 Å². The van der Waals surface area contributed by atoms with Crippen molar-refractivity contribution in [2.45, 2.75) is 18.2 Å². The number of hydrogen-bond donors (Lipinski definition) is 2. The second kappa shape index (κ2) is 5.01. The van der Waals surface area contributed by atoms with E-state index in [1.54, 1.807) is 6.92 Å². The summed E-state index contributed by atoms with van der Waals surface area (Å²) < 4.78 is 0. The second-order valence-electron chi connectivity index (χ2n) is 5.10. The van der Waals surface area contributed by atoms with Crippen LogP contribution in [0.15, 0.2) is 29.4 Å². The molecule has 5 nitrogen and oxygen atoms in total. The Hall–Kier alpha value is -1.69. The van der Waals surface area contributed by atoms with Gasteiger partial charge < -0.3 is 5.32 Å². The zero-order valence-electron chi connectivity index (χ0n) is 10.9. The molecular weight excluding hydrogens is 322 g/mol. The Bertz CT molecular complexity index is 595. The molecule has 2 aliphatic rings. The van der Waals surface area contributed by atoms with E-state index in [4.69, 9.17) is 0 Å². The third kappa shape index (κ3) is 2.47. The summed E-state index contributed by atoms with van der Waals surface area (Å²) in [5.74, 6) is 0.291. The number of hydrazone groups is 1. The van der Waals surface area contributed by atoms with Crippen molar-refractivity contribution in [1.29, 1.82) is 0 Å². The fourth-order valence-corrected chi connectivity index (χ4v) is 2.43. The van der Waals surface area contributed by atoms with Crippen molar-refractivity contribution in [3.05, 3.63) is 29.8 Å². The van der Waals surface area contributed by atoms with Crippen molar-refractivity contribution in [3.63, 3.8) is 0 Å². The predicted octanol–water partition coefficient (Wildman–Crippen LogP) is 1.88. The van der Waals surface area contributed by atoms with E-state index >= 15 is 0 Å². The van der Waals surface area contributed by atoms with E-state index < -0.39 is 0 Å². The number of hydrogen-bond acceptors (Lipinski definition) is 3. The Kier molecular flexibility index (Phi) is 3.33. The molecule has 0 radical (unpaired) electrons. The van der Waals surface area contributed by atoms with E-state index in [-0.39, 0.29) is 28.5 Å². The normalized spacial score (nSPS) is 25.1. The molecule has 3 rings (SSSR count). The SMILES string of the molecule is CC(Br)C(=O)Nc1ccc(C2=NNC(=O)C3CC23)cc1. The minimum absolute atomic E-state index is 0.0222. The highest BCUT2D eigenvalue weighted by molar-refractivity contribution is 9.10. The molecule has 2 N–H and O–H groups in total. The molecule has 3 atom stereocenters. The van der Waals surface area contributed by atoms with Crippen LogP contribution in [0, 0.1) is 11.8 Å². The highest BCUT2D eigenvalue weighted by atomic mass is 79.9. The zero-order valence-corrected chi connectivity index (χ0v) is 12.5. The van der Waals surface area contributed by atoms with E-state index in [2.05, 4.69) is 31.8 Å². The van der Waals surface area contributed by atoms with Gasteiger partial charge in [0.05, 0.1) is 10.5 Å². The number of alkyl halides is 1. The van der Waals surface area contributed by atoms with E-state index in [9.17, 15) is 9.59 Å². The first kappa shape index (κ1) is 13.3. The maximum atomic E-state index is 11.6. The fourth-order valence-electron chi connectivity index (χ4n) is 2.31. The van der Waals surface area contributed by atoms with Crippen LogP contribution in [0.5, 0.6) is 0 Å². The highest BCUT2D eigenvalue weighted by Gasteiger charge is 2.49. The fraction of sp³-hybridized carbons (Fsp3) is 0.357. The molecule has 1 aromatic carbocycles. The number of halogens is 1. The quantitative estimate of drug-likeness (QED) is 0.828. The average Bonchev–Trinajstić information content (AvgIpc) is 3.21. The van der Waals surface area contributed by atoms with Crippen LogP contribution in [-0.2, 0) is 9.59 Å². The molecule has 0 aromatic heterocycles. The van der Waals surface area contributed by atoms with Gasteiger partial charge >= 0.3 is 0 Å². The van der Waals surface area contributed by atoms with Gasteiger partial charge in [-0.05, 0) is 31.0 Å². The molecular formula is C14H14BrN3O2. The van der Waals surface area contributed by atoms with Crippen LogP contribution in [-0.4, -0.2) is 22.4 Å². The smallest absolute Gasteiger partial charge is 0.243 e.